The number of fused-ring (bicyclic) bond motifs is 1. The van der Waals surface area contributed by atoms with Crippen molar-refractivity contribution >= 4 is 16.9 Å². The molecular formula is C19H16F2N3NoO-. The van der Waals surface area contributed by atoms with Gasteiger partial charge in [-0.2, -0.15) is 18.2 Å². The number of nitrogens with zero attached hydrogens (tertiary/aromatic N) is 3. The maximum Gasteiger partial charge on any atom is 0.255 e. The zero-order chi connectivity index (χ0) is 17.4. The maximum atomic E-state index is 13.5. The Morgan fingerprint density at radius 3 is 2.54 bits per heavy atom. The van der Waals surface area contributed by atoms with Gasteiger partial charge in [-0.05, 0) is 12.1 Å². The Morgan fingerprint density at radius 1 is 1.15 bits per heavy atom. The normalized spacial score (nSPS) is 20.0. The van der Waals surface area contributed by atoms with Gasteiger partial charge in [0.15, 0.2) is 0 Å². The molecule has 0 radical (unpaired) electrons. The summed E-state index contributed by atoms with van der Waals surface area (Å²) in [6, 6.07) is 14.0. The Bertz CT molecular complexity index is 906. The van der Waals surface area contributed by atoms with Crippen LogP contribution in [-0.2, 0) is 0 Å². The van der Waals surface area contributed by atoms with Crippen LogP contribution in [0.2, 0.25) is 0 Å². The molecule has 2 atom stereocenters. The summed E-state index contributed by atoms with van der Waals surface area (Å²) in [5, 5.41) is 0.796. The van der Waals surface area contributed by atoms with Crippen LogP contribution >= 0.6 is 0 Å². The summed E-state index contributed by atoms with van der Waals surface area (Å²) < 4.78 is 29.0. The second-order valence-electron chi connectivity index (χ2n) is 6.22. The molecule has 3 aromatic rings. The second-order valence-corrected chi connectivity index (χ2v) is 6.22. The number of carbonyl (C=O) groups excluding carboxylic acids is 1. The quantitative estimate of drug-likeness (QED) is 0.425. The van der Waals surface area contributed by atoms with Gasteiger partial charge in [0, 0.05) is 24.2 Å². The summed E-state index contributed by atoms with van der Waals surface area (Å²) in [7, 11) is 0. The van der Waals surface area contributed by atoms with Crippen molar-refractivity contribution in [2.75, 3.05) is 13.1 Å². The molecule has 142 valence electrons. The zero-order valence-electron chi connectivity index (χ0n) is 13.7. The first kappa shape index (κ1) is 17.1. The number of piperidine rings is 1. The van der Waals surface area contributed by atoms with Crippen LogP contribution in [0, 0.1) is 6.07 Å². The second kappa shape index (κ2) is 6.63. The maximum absolute atomic E-state index is 13.5. The number of hydrogen-bond acceptors (Lipinski definition) is 2. The van der Waals surface area contributed by atoms with Crippen LogP contribution < -0.4 is 0 Å². The molecule has 0 bridgehead atoms. The van der Waals surface area contributed by atoms with E-state index < -0.39 is 12.3 Å². The number of alkyl halides is 2. The molecule has 1 aliphatic heterocycles. The molecule has 1 fully saturated rings. The average molecular weight is 599 g/mol. The molecule has 4 rings (SSSR count). The van der Waals surface area contributed by atoms with Gasteiger partial charge >= 0.3 is 0 Å². The molecular weight excluding hydrogens is 583 g/mol. The third kappa shape index (κ3) is 2.97. The van der Waals surface area contributed by atoms with E-state index in [2.05, 4.69) is 11.1 Å². The van der Waals surface area contributed by atoms with Gasteiger partial charge in [-0.25, -0.2) is 13.8 Å². The summed E-state index contributed by atoms with van der Waals surface area (Å²) in [6.07, 6.45) is 0.557. The minimum absolute atomic E-state index is 0. The molecule has 2 aromatic heterocycles. The van der Waals surface area contributed by atoms with Gasteiger partial charge in [0.25, 0.3) is 5.91 Å². The van der Waals surface area contributed by atoms with Crippen LogP contribution in [0.25, 0.3) is 16.7 Å². The predicted octanol–water partition coefficient (Wildman–Crippen LogP) is 3.35. The molecule has 0 spiro atoms. The molecule has 1 amide bonds. The molecule has 0 unspecified atom stereocenters. The smallest absolute Gasteiger partial charge is 0.255 e. The van der Waals surface area contributed by atoms with Crippen LogP contribution in [0.5, 0.6) is 0 Å². The third-order valence-corrected chi connectivity index (χ3v) is 4.39. The van der Waals surface area contributed by atoms with Crippen LogP contribution in [0.1, 0.15) is 16.8 Å². The first-order valence-corrected chi connectivity index (χ1v) is 8.13. The molecule has 0 saturated carbocycles. The van der Waals surface area contributed by atoms with Gasteiger partial charge in [0.2, 0.25) is 0 Å². The molecule has 0 N–H and O–H groups in total. The fourth-order valence-electron chi connectivity index (χ4n) is 3.22. The van der Waals surface area contributed by atoms with Crippen molar-refractivity contribution in [3.63, 3.8) is 0 Å². The van der Waals surface area contributed by atoms with Crippen molar-refractivity contribution in [3.8, 4) is 5.69 Å². The van der Waals surface area contributed by atoms with E-state index in [1.54, 1.807) is 6.07 Å². The first-order chi connectivity index (χ1) is 12.1. The van der Waals surface area contributed by atoms with Gasteiger partial charge in [-0.15, -0.1) is 12.1 Å². The van der Waals surface area contributed by atoms with Gasteiger partial charge in [-0.3, -0.25) is 4.79 Å². The van der Waals surface area contributed by atoms with Crippen LogP contribution in [-0.4, -0.2) is 45.8 Å². The van der Waals surface area contributed by atoms with Gasteiger partial charge in [-0.1, -0.05) is 5.69 Å². The third-order valence-electron chi connectivity index (χ3n) is 4.39. The molecule has 1 aliphatic rings. The number of aromatic nitrogens is 2. The van der Waals surface area contributed by atoms with E-state index in [-0.39, 0.29) is 25.4 Å². The molecule has 7 heteroatoms. The van der Waals surface area contributed by atoms with Gasteiger partial charge in [0.1, 0.15) is 18.0 Å². The van der Waals surface area contributed by atoms with E-state index in [4.69, 9.17) is 0 Å². The summed E-state index contributed by atoms with van der Waals surface area (Å²) >= 11 is 0. The van der Waals surface area contributed by atoms with E-state index in [0.717, 1.165) is 11.1 Å². The first-order valence-electron chi connectivity index (χ1n) is 8.13. The van der Waals surface area contributed by atoms with Crippen LogP contribution in [0.4, 0.5) is 8.78 Å². The Kier molecular flexibility index (Phi) is 4.35. The summed E-state index contributed by atoms with van der Waals surface area (Å²) in [6.45, 7) is -0.141. The number of rotatable bonds is 2. The summed E-state index contributed by atoms with van der Waals surface area (Å²) in [5.74, 6) is -0.388. The standard InChI is InChI=1S/C19H16F2N3O.No/c20-15-9-16(21)12-23(11-15)19(25)14-8-13-6-7-24(18(13)22-10-14)17-4-2-1-3-5-17;/h2-8,10,15-16H,9,11-12H2;/q-1;/t15-,16+;. The number of benzene rings is 1. The minimum atomic E-state index is -1.32. The molecule has 1 saturated heterocycles. The van der Waals surface area contributed by atoms with Crippen LogP contribution in [0.3, 0.4) is 0 Å². The monoisotopic (exact) mass is 599 g/mol. The Hall–Kier alpha value is -3.76. The fourth-order valence-corrected chi connectivity index (χ4v) is 3.22. The van der Waals surface area contributed by atoms with Crippen molar-refractivity contribution in [3.05, 3.63) is 60.4 Å². The molecule has 1 aromatic carbocycles. The Morgan fingerprint density at radius 2 is 1.85 bits per heavy atom. The van der Waals surface area contributed by atoms with E-state index in [0.29, 0.717) is 11.2 Å². The number of likely N-dealkylation sites (tertiary alicyclic amines) is 1. The van der Waals surface area contributed by atoms with E-state index in [1.165, 1.54) is 11.1 Å². The topological polar surface area (TPSA) is 38.1 Å². The van der Waals surface area contributed by atoms with E-state index in [9.17, 15) is 13.6 Å². The SMILES string of the molecule is O=C(c1cnc2c(ccn2-c2cc[c-]cc2)c1)N1C[C@H](F)C[C@H](F)C1.[No]. The Balaban J connectivity index is 0.00000196. The van der Waals surface area contributed by atoms with Crippen molar-refractivity contribution in [2.45, 2.75) is 18.8 Å². The van der Waals surface area contributed by atoms with Gasteiger partial charge in [0.05, 0.1) is 18.7 Å². The fraction of sp³-hybridized carbons (Fsp3) is 0.263. The number of hydrogen-bond donors (Lipinski definition) is 0. The molecule has 4 nitrogen and oxygen atoms in total. The number of halogens is 2. The number of carbonyl (C=O) groups is 1. The number of pyridine rings is 1. The summed E-state index contributed by atoms with van der Waals surface area (Å²) in [5.41, 5.74) is 2.00. The van der Waals surface area contributed by atoms with E-state index >= 15 is 0 Å². The van der Waals surface area contributed by atoms with Crippen molar-refractivity contribution in [2.24, 2.45) is 0 Å². The molecule has 0 aliphatic carbocycles. The average Bonchev–Trinajstić information content (AvgIpc) is 3.04. The van der Waals surface area contributed by atoms with Crippen molar-refractivity contribution in [1.29, 1.82) is 0 Å². The Labute approximate surface area is 143 Å². The zero-order valence-corrected chi connectivity index (χ0v) is 15.9. The summed E-state index contributed by atoms with van der Waals surface area (Å²) in [4.78, 5) is 18.2. The predicted molar refractivity (Wildman–Crippen MR) is 90.2 cm³/mol. The molecule has 3 heterocycles. The number of amides is 1. The minimum Gasteiger partial charge on any atom is -0.333 e. The van der Waals surface area contributed by atoms with Crippen molar-refractivity contribution < 1.29 is 13.6 Å². The van der Waals surface area contributed by atoms with Crippen LogP contribution in [0.15, 0.2) is 48.8 Å². The molecule has 26 heavy (non-hydrogen) atoms. The van der Waals surface area contributed by atoms with E-state index in [1.807, 2.05) is 41.1 Å². The van der Waals surface area contributed by atoms with Crippen molar-refractivity contribution in [1.82, 2.24) is 14.5 Å². The largest absolute Gasteiger partial charge is 0.333 e. The van der Waals surface area contributed by atoms with Gasteiger partial charge < -0.3 is 9.47 Å².